The van der Waals surface area contributed by atoms with Gasteiger partial charge < -0.3 is 18.6 Å². The van der Waals surface area contributed by atoms with Gasteiger partial charge in [0.15, 0.2) is 0 Å². The van der Waals surface area contributed by atoms with E-state index in [0.29, 0.717) is 0 Å². The van der Waals surface area contributed by atoms with Crippen LogP contribution in [0.4, 0.5) is 11.4 Å². The van der Waals surface area contributed by atoms with Gasteiger partial charge in [0.05, 0.1) is 39.1 Å². The maximum atomic E-state index is 2.55. The molecule has 0 saturated carbocycles. The average Bonchev–Trinajstić information content (AvgIpc) is 4.23. The molecule has 0 amide bonds. The number of para-hydroxylation sites is 4. The van der Waals surface area contributed by atoms with Crippen LogP contribution in [0.5, 0.6) is 0 Å². The third kappa shape index (κ3) is 6.01. The first-order valence-corrected chi connectivity index (χ1v) is 26.5. The van der Waals surface area contributed by atoms with Crippen molar-refractivity contribution in [1.29, 1.82) is 0 Å². The zero-order chi connectivity index (χ0) is 49.6. The first kappa shape index (κ1) is 41.6. The van der Waals surface area contributed by atoms with Crippen molar-refractivity contribution >= 4 is 82.4 Å². The molecule has 2 atom stereocenters. The number of anilines is 2. The molecular formula is C72H46N4. The SMILES string of the molecule is C1=CC2C3C=C1c1ccc4c(c1)c1cc(ccc1n4-c1ccccc1)-c1ccc4c(c1)c1cc(ccc1n4-c1ccccc1)-c1ccc4c(c1)c1cc(ccc1n4-c1ccccc1)-c1ccc(c3c1)N2c1ccccc1. The van der Waals surface area contributed by atoms with Crippen molar-refractivity contribution in [2.45, 2.75) is 12.0 Å². The van der Waals surface area contributed by atoms with Crippen LogP contribution >= 0.6 is 0 Å². The molecule has 2 aliphatic carbocycles. The van der Waals surface area contributed by atoms with Gasteiger partial charge >= 0.3 is 0 Å². The monoisotopic (exact) mass is 966 g/mol. The van der Waals surface area contributed by atoms with Gasteiger partial charge in [-0.3, -0.25) is 0 Å². The van der Waals surface area contributed by atoms with Gasteiger partial charge in [0.2, 0.25) is 0 Å². The molecule has 1 aliphatic heterocycles. The van der Waals surface area contributed by atoms with Crippen molar-refractivity contribution in [3.63, 3.8) is 0 Å². The summed E-state index contributed by atoms with van der Waals surface area (Å²) in [6, 6.07) is 93.2. The lowest BCUT2D eigenvalue weighted by Crippen LogP contribution is -2.28. The number of hydrogen-bond donors (Lipinski definition) is 0. The first-order valence-electron chi connectivity index (χ1n) is 26.5. The molecule has 0 spiro atoms. The molecular weight excluding hydrogens is 921 g/mol. The molecule has 11 aromatic carbocycles. The van der Waals surface area contributed by atoms with E-state index in [0.717, 1.165) is 17.1 Å². The number of hydrogen-bond acceptors (Lipinski definition) is 1. The lowest BCUT2D eigenvalue weighted by molar-refractivity contribution is 0.747. The van der Waals surface area contributed by atoms with E-state index in [9.17, 15) is 0 Å². The van der Waals surface area contributed by atoms with Gasteiger partial charge in [-0.1, -0.05) is 133 Å². The first-order chi connectivity index (χ1) is 37.7. The summed E-state index contributed by atoms with van der Waals surface area (Å²) in [5.41, 5.74) is 24.0. The van der Waals surface area contributed by atoms with Crippen LogP contribution in [0.1, 0.15) is 17.0 Å². The largest absolute Gasteiger partial charge is 0.333 e. The Balaban J connectivity index is 0.958. The molecule has 354 valence electrons. The minimum Gasteiger partial charge on any atom is -0.333 e. The Morgan fingerprint density at radius 3 is 0.974 bits per heavy atom. The maximum absolute atomic E-state index is 2.55. The van der Waals surface area contributed by atoms with Gasteiger partial charge in [0.1, 0.15) is 0 Å². The van der Waals surface area contributed by atoms with Gasteiger partial charge in [-0.2, -0.15) is 0 Å². The van der Waals surface area contributed by atoms with Crippen LogP contribution in [-0.4, -0.2) is 19.7 Å². The van der Waals surface area contributed by atoms with E-state index in [1.807, 2.05) is 0 Å². The van der Waals surface area contributed by atoms with Gasteiger partial charge in [0.25, 0.3) is 0 Å². The zero-order valence-corrected chi connectivity index (χ0v) is 41.3. The third-order valence-corrected chi connectivity index (χ3v) is 16.9. The van der Waals surface area contributed by atoms with E-state index in [1.54, 1.807) is 0 Å². The number of rotatable bonds is 4. The zero-order valence-electron chi connectivity index (χ0n) is 41.3. The normalized spacial score (nSPS) is 15.4. The molecule has 4 heterocycles. The smallest absolute Gasteiger partial charge is 0.0630 e. The van der Waals surface area contributed by atoms with Crippen LogP contribution in [0.25, 0.3) is 121 Å². The van der Waals surface area contributed by atoms with Crippen LogP contribution < -0.4 is 4.90 Å². The van der Waals surface area contributed by atoms with Crippen molar-refractivity contribution in [3.05, 3.63) is 278 Å². The fraction of sp³-hybridized carbons (Fsp3) is 0.0278. The van der Waals surface area contributed by atoms with Crippen molar-refractivity contribution in [3.8, 4) is 50.4 Å². The molecule has 0 fully saturated rings. The summed E-state index contributed by atoms with van der Waals surface area (Å²) in [5.74, 6) is 0.133. The van der Waals surface area contributed by atoms with Crippen LogP contribution in [0.2, 0.25) is 0 Å². The molecule has 14 aromatic rings. The molecule has 0 radical (unpaired) electrons. The lowest BCUT2D eigenvalue weighted by atomic mass is 9.85. The van der Waals surface area contributed by atoms with Crippen LogP contribution in [0, 0.1) is 0 Å². The second-order valence-electron chi connectivity index (χ2n) is 20.9. The Kier molecular flexibility index (Phi) is 8.64. The van der Waals surface area contributed by atoms with Gasteiger partial charge in [0, 0.05) is 66.7 Å². The van der Waals surface area contributed by atoms with E-state index in [4.69, 9.17) is 0 Å². The predicted molar refractivity (Wildman–Crippen MR) is 318 cm³/mol. The second kappa shape index (κ2) is 15.8. The summed E-state index contributed by atoms with van der Waals surface area (Å²) >= 11 is 0. The fourth-order valence-electron chi connectivity index (χ4n) is 13.4. The number of aromatic nitrogens is 3. The quantitative estimate of drug-likeness (QED) is 0.172. The highest BCUT2D eigenvalue weighted by atomic mass is 15.2. The molecule has 2 unspecified atom stereocenters. The third-order valence-electron chi connectivity index (χ3n) is 16.9. The van der Waals surface area contributed by atoms with Crippen molar-refractivity contribution in [2.75, 3.05) is 4.90 Å². The lowest BCUT2D eigenvalue weighted by Gasteiger charge is -2.29. The summed E-state index contributed by atoms with van der Waals surface area (Å²) in [4.78, 5) is 2.55. The van der Waals surface area contributed by atoms with Gasteiger partial charge in [-0.15, -0.1) is 0 Å². The summed E-state index contributed by atoms with van der Waals surface area (Å²) < 4.78 is 7.30. The summed E-state index contributed by atoms with van der Waals surface area (Å²) in [6.07, 6.45) is 7.36. The van der Waals surface area contributed by atoms with Crippen molar-refractivity contribution in [2.24, 2.45) is 0 Å². The highest BCUT2D eigenvalue weighted by Gasteiger charge is 2.39. The van der Waals surface area contributed by atoms with Crippen molar-refractivity contribution < 1.29 is 0 Å². The standard InChI is InChI=1S/C72H46N4/c1-5-13-53(14-6-1)73-65-29-21-45-37-57(65)58-38-46(22-30-66(58)73)48-24-32-68-60(40-48)62-42-50(26-34-70(62)75(68)55-17-9-3-10-18-55)52-28-36-72-64(44-52)63-43-51(27-35-71(63)76(72)56-19-11-4-12-20-56)49-25-33-69-61(41-49)59-39-47(45)23-31-67(59)74(69)54-15-7-2-8-16-54/h1-44,57,65H. The van der Waals surface area contributed by atoms with E-state index in [1.165, 1.54) is 127 Å². The highest BCUT2D eigenvalue weighted by molar-refractivity contribution is 6.15. The Morgan fingerprint density at radius 1 is 0.276 bits per heavy atom. The highest BCUT2D eigenvalue weighted by Crippen LogP contribution is 2.51. The Morgan fingerprint density at radius 2 is 0.592 bits per heavy atom. The molecule has 76 heavy (non-hydrogen) atoms. The molecule has 4 nitrogen and oxygen atoms in total. The Labute approximate surface area is 439 Å². The van der Waals surface area contributed by atoms with E-state index < -0.39 is 0 Å². The summed E-state index contributed by atoms with van der Waals surface area (Å²) in [6.45, 7) is 0. The summed E-state index contributed by atoms with van der Waals surface area (Å²) in [5, 5.41) is 7.40. The average molecular weight is 967 g/mol. The van der Waals surface area contributed by atoms with Crippen LogP contribution in [0.15, 0.2) is 267 Å². The minimum atomic E-state index is 0.132. The minimum absolute atomic E-state index is 0.132. The number of benzene rings is 11. The van der Waals surface area contributed by atoms with Gasteiger partial charge in [-0.05, 0) is 184 Å². The van der Waals surface area contributed by atoms with E-state index >= 15 is 0 Å². The molecule has 0 saturated heterocycles. The van der Waals surface area contributed by atoms with Crippen molar-refractivity contribution in [1.82, 2.24) is 13.7 Å². The molecule has 3 aromatic heterocycles. The van der Waals surface area contributed by atoms with Crippen LogP contribution in [0.3, 0.4) is 0 Å². The Bertz CT molecular complexity index is 4800. The molecule has 17 rings (SSSR count). The summed E-state index contributed by atoms with van der Waals surface area (Å²) in [7, 11) is 0. The second-order valence-corrected chi connectivity index (χ2v) is 20.9. The molecule has 3 aliphatic rings. The maximum Gasteiger partial charge on any atom is 0.0630 e. The number of allylic oxidation sites excluding steroid dienone is 2. The number of fused-ring (bicyclic) bond motifs is 11. The number of nitrogens with zero attached hydrogens (tertiary/aromatic N) is 4. The topological polar surface area (TPSA) is 18.0 Å². The Hall–Kier alpha value is -9.90. The van der Waals surface area contributed by atoms with Gasteiger partial charge in [-0.25, -0.2) is 0 Å². The van der Waals surface area contributed by atoms with Crippen LogP contribution in [-0.2, 0) is 0 Å². The van der Waals surface area contributed by atoms with E-state index in [2.05, 4.69) is 286 Å². The molecule has 4 heteroatoms. The predicted octanol–water partition coefficient (Wildman–Crippen LogP) is 18.5. The fourth-order valence-corrected chi connectivity index (χ4v) is 13.4. The molecule has 0 N–H and O–H groups in total. The molecule has 16 bridgehead atoms. The van der Waals surface area contributed by atoms with E-state index in [-0.39, 0.29) is 12.0 Å².